The Morgan fingerprint density at radius 3 is 2.52 bits per heavy atom. The molecule has 25 heavy (non-hydrogen) atoms. The van der Waals surface area contributed by atoms with Gasteiger partial charge in [0.15, 0.2) is 5.76 Å². The summed E-state index contributed by atoms with van der Waals surface area (Å²) < 4.78 is 23.5. The second kappa shape index (κ2) is 6.97. The molecule has 0 unspecified atom stereocenters. The molecule has 0 aliphatic rings. The number of hydrogen-bond acceptors (Lipinski definition) is 5. The Morgan fingerprint density at radius 2 is 1.88 bits per heavy atom. The van der Waals surface area contributed by atoms with Gasteiger partial charge >= 0.3 is 5.97 Å². The lowest BCUT2D eigenvalue weighted by Crippen LogP contribution is -2.06. The largest absolute Gasteiger partial charge is 0.455 e. The van der Waals surface area contributed by atoms with Crippen molar-refractivity contribution < 1.29 is 18.4 Å². The lowest BCUT2D eigenvalue weighted by molar-refractivity contribution is 0.0464. The minimum Gasteiger partial charge on any atom is -0.455 e. The molecular weight excluding hydrogens is 323 g/mol. The molecule has 3 aromatic rings. The van der Waals surface area contributed by atoms with Crippen molar-refractivity contribution in [1.29, 1.82) is 5.26 Å². The average Bonchev–Trinajstić information content (AvgIpc) is 3.01. The van der Waals surface area contributed by atoms with Crippen molar-refractivity contribution in [3.63, 3.8) is 0 Å². The van der Waals surface area contributed by atoms with Gasteiger partial charge in [-0.1, -0.05) is 5.16 Å². The van der Waals surface area contributed by atoms with E-state index in [0.717, 1.165) is 5.56 Å². The monoisotopic (exact) mass is 336 g/mol. The van der Waals surface area contributed by atoms with Gasteiger partial charge in [0.2, 0.25) is 0 Å². The second-order valence-corrected chi connectivity index (χ2v) is 5.36. The van der Waals surface area contributed by atoms with Gasteiger partial charge in [-0.3, -0.25) is 0 Å². The number of benzene rings is 2. The second-order valence-electron chi connectivity index (χ2n) is 5.36. The third-order valence-corrected chi connectivity index (χ3v) is 3.72. The van der Waals surface area contributed by atoms with Crippen LogP contribution in [-0.4, -0.2) is 11.1 Å². The molecule has 0 saturated carbocycles. The van der Waals surface area contributed by atoms with E-state index < -0.39 is 5.97 Å². The van der Waals surface area contributed by atoms with Gasteiger partial charge in [0.1, 0.15) is 18.1 Å². The fourth-order valence-electron chi connectivity index (χ4n) is 2.27. The molecule has 0 amide bonds. The highest BCUT2D eigenvalue weighted by molar-refractivity contribution is 5.89. The number of hydrogen-bond donors (Lipinski definition) is 0. The van der Waals surface area contributed by atoms with Crippen LogP contribution in [0.15, 0.2) is 53.1 Å². The summed E-state index contributed by atoms with van der Waals surface area (Å²) in [6, 6.07) is 14.0. The van der Waals surface area contributed by atoms with Crippen LogP contribution in [-0.2, 0) is 11.3 Å². The first-order valence-corrected chi connectivity index (χ1v) is 7.47. The third kappa shape index (κ3) is 3.56. The van der Waals surface area contributed by atoms with Crippen molar-refractivity contribution in [2.45, 2.75) is 13.5 Å². The predicted octanol–water partition coefficient (Wildman–Crippen LogP) is 4.02. The minimum absolute atomic E-state index is 0.0463. The molecule has 1 heterocycles. The van der Waals surface area contributed by atoms with E-state index in [1.807, 2.05) is 6.07 Å². The summed E-state index contributed by atoms with van der Waals surface area (Å²) in [5, 5.41) is 12.7. The van der Waals surface area contributed by atoms with E-state index in [-0.39, 0.29) is 12.4 Å². The normalized spacial score (nSPS) is 10.3. The highest BCUT2D eigenvalue weighted by atomic mass is 19.1. The number of esters is 1. The molecule has 0 aliphatic heterocycles. The Labute approximate surface area is 143 Å². The molecule has 0 atom stereocenters. The van der Waals surface area contributed by atoms with Crippen LogP contribution in [0.5, 0.6) is 0 Å². The maximum Gasteiger partial charge on any atom is 0.338 e. The summed E-state index contributed by atoms with van der Waals surface area (Å²) in [6.45, 7) is 1.75. The highest BCUT2D eigenvalue weighted by Crippen LogP contribution is 2.26. The van der Waals surface area contributed by atoms with Crippen molar-refractivity contribution in [3.05, 3.63) is 76.7 Å². The molecule has 0 saturated heterocycles. The number of halogens is 1. The van der Waals surface area contributed by atoms with Crippen LogP contribution in [0.4, 0.5) is 4.39 Å². The van der Waals surface area contributed by atoms with E-state index >= 15 is 0 Å². The van der Waals surface area contributed by atoms with Gasteiger partial charge in [-0.25, -0.2) is 9.18 Å². The number of nitrogens with zero attached hydrogens (tertiary/aromatic N) is 2. The molecule has 124 valence electrons. The van der Waals surface area contributed by atoms with Crippen LogP contribution < -0.4 is 0 Å². The van der Waals surface area contributed by atoms with Gasteiger partial charge in [-0.05, 0) is 55.5 Å². The first-order valence-electron chi connectivity index (χ1n) is 7.47. The van der Waals surface area contributed by atoms with E-state index in [9.17, 15) is 9.18 Å². The van der Waals surface area contributed by atoms with Gasteiger partial charge < -0.3 is 9.26 Å². The molecule has 6 heteroatoms. The Morgan fingerprint density at radius 1 is 1.20 bits per heavy atom. The zero-order valence-corrected chi connectivity index (χ0v) is 13.3. The van der Waals surface area contributed by atoms with Crippen LogP contribution >= 0.6 is 0 Å². The number of rotatable bonds is 4. The molecular formula is C19H13FN2O3. The van der Waals surface area contributed by atoms with Crippen LogP contribution in [0.3, 0.4) is 0 Å². The molecule has 5 nitrogen and oxygen atoms in total. The number of nitriles is 1. The standard InChI is InChI=1S/C19H13FN2O3/c1-12-17(22-25-18(12)14-6-8-16(20)9-7-14)11-24-19(23)15-4-2-13(10-21)3-5-15/h2-9H,11H2,1H3. The van der Waals surface area contributed by atoms with Gasteiger partial charge in [-0.2, -0.15) is 5.26 Å². The quantitative estimate of drug-likeness (QED) is 0.673. The Balaban J connectivity index is 1.70. The number of ether oxygens (including phenoxy) is 1. The Bertz CT molecular complexity index is 938. The first kappa shape index (κ1) is 16.4. The third-order valence-electron chi connectivity index (χ3n) is 3.72. The van der Waals surface area contributed by atoms with Crippen molar-refractivity contribution in [1.82, 2.24) is 5.16 Å². The van der Waals surface area contributed by atoms with E-state index in [2.05, 4.69) is 5.16 Å². The van der Waals surface area contributed by atoms with Crippen molar-refractivity contribution >= 4 is 5.97 Å². The lowest BCUT2D eigenvalue weighted by Gasteiger charge is -2.03. The number of carbonyl (C=O) groups excluding carboxylic acids is 1. The maximum absolute atomic E-state index is 13.0. The summed E-state index contributed by atoms with van der Waals surface area (Å²) in [6.07, 6.45) is 0. The van der Waals surface area contributed by atoms with E-state index in [4.69, 9.17) is 14.5 Å². The summed E-state index contributed by atoms with van der Waals surface area (Å²) in [5.74, 6) is -0.350. The lowest BCUT2D eigenvalue weighted by atomic mass is 10.1. The van der Waals surface area contributed by atoms with Crippen molar-refractivity contribution in [2.75, 3.05) is 0 Å². The summed E-state index contributed by atoms with van der Waals surface area (Å²) in [7, 11) is 0. The highest BCUT2D eigenvalue weighted by Gasteiger charge is 2.16. The minimum atomic E-state index is -0.518. The fraction of sp³-hybridized carbons (Fsp3) is 0.105. The van der Waals surface area contributed by atoms with Crippen molar-refractivity contribution in [3.8, 4) is 17.4 Å². The van der Waals surface area contributed by atoms with Gasteiger partial charge in [0.05, 0.1) is 17.2 Å². The Hall–Kier alpha value is -3.46. The van der Waals surface area contributed by atoms with Crippen LogP contribution in [0.2, 0.25) is 0 Å². The molecule has 0 spiro atoms. The van der Waals surface area contributed by atoms with Gasteiger partial charge in [-0.15, -0.1) is 0 Å². The zero-order chi connectivity index (χ0) is 17.8. The predicted molar refractivity (Wildman–Crippen MR) is 86.9 cm³/mol. The molecule has 2 aromatic carbocycles. The molecule has 3 rings (SSSR count). The van der Waals surface area contributed by atoms with Crippen LogP contribution in [0, 0.1) is 24.1 Å². The fourth-order valence-corrected chi connectivity index (χ4v) is 2.27. The summed E-state index contributed by atoms with van der Waals surface area (Å²) >= 11 is 0. The molecule has 0 N–H and O–H groups in total. The van der Waals surface area contributed by atoms with Crippen LogP contribution in [0.1, 0.15) is 27.2 Å². The summed E-state index contributed by atoms with van der Waals surface area (Å²) in [4.78, 5) is 12.0. The smallest absolute Gasteiger partial charge is 0.338 e. The molecule has 1 aromatic heterocycles. The van der Waals surface area contributed by atoms with E-state index in [1.165, 1.54) is 24.3 Å². The van der Waals surface area contributed by atoms with Gasteiger partial charge in [0, 0.05) is 11.1 Å². The van der Waals surface area contributed by atoms with E-state index in [1.54, 1.807) is 31.2 Å². The number of aromatic nitrogens is 1. The summed E-state index contributed by atoms with van der Waals surface area (Å²) in [5.41, 5.74) is 2.71. The van der Waals surface area contributed by atoms with Crippen molar-refractivity contribution in [2.24, 2.45) is 0 Å². The zero-order valence-electron chi connectivity index (χ0n) is 13.3. The van der Waals surface area contributed by atoms with Gasteiger partial charge in [0.25, 0.3) is 0 Å². The SMILES string of the molecule is Cc1c(COC(=O)c2ccc(C#N)cc2)noc1-c1ccc(F)cc1. The average molecular weight is 336 g/mol. The maximum atomic E-state index is 13.0. The Kier molecular flexibility index (Phi) is 4.57. The molecule has 0 radical (unpaired) electrons. The van der Waals surface area contributed by atoms with E-state index in [0.29, 0.717) is 28.1 Å². The first-order chi connectivity index (χ1) is 12.1. The molecule has 0 aliphatic carbocycles. The molecule has 0 fully saturated rings. The topological polar surface area (TPSA) is 76.1 Å². The van der Waals surface area contributed by atoms with Crippen LogP contribution in [0.25, 0.3) is 11.3 Å². The molecule has 0 bridgehead atoms. The number of carbonyl (C=O) groups is 1.